The third-order valence-electron chi connectivity index (χ3n) is 2.98. The van der Waals surface area contributed by atoms with Crippen molar-refractivity contribution in [1.29, 1.82) is 5.26 Å². The van der Waals surface area contributed by atoms with E-state index in [0.717, 1.165) is 5.56 Å². The van der Waals surface area contributed by atoms with Gasteiger partial charge < -0.3 is 0 Å². The number of benzene rings is 2. The van der Waals surface area contributed by atoms with Crippen LogP contribution in [0.2, 0.25) is 5.02 Å². The van der Waals surface area contributed by atoms with Crippen LogP contribution in [0.5, 0.6) is 0 Å². The summed E-state index contributed by atoms with van der Waals surface area (Å²) in [5, 5.41) is 9.01. The molecule has 0 spiro atoms. The van der Waals surface area contributed by atoms with Gasteiger partial charge in [0.2, 0.25) is 0 Å². The van der Waals surface area contributed by atoms with Crippen LogP contribution < -0.4 is 0 Å². The maximum atomic E-state index is 13.8. The summed E-state index contributed by atoms with van der Waals surface area (Å²) < 4.78 is 13.8. The van der Waals surface area contributed by atoms with Crippen molar-refractivity contribution < 1.29 is 4.39 Å². The fourth-order valence-electron chi connectivity index (χ4n) is 2.07. The van der Waals surface area contributed by atoms with Crippen molar-refractivity contribution >= 4 is 11.6 Å². The summed E-state index contributed by atoms with van der Waals surface area (Å²) in [4.78, 5) is 1.98. The first kappa shape index (κ1) is 14.5. The Morgan fingerprint density at radius 2 is 1.95 bits per heavy atom. The van der Waals surface area contributed by atoms with Gasteiger partial charge in [0.1, 0.15) is 5.82 Å². The molecule has 2 rings (SSSR count). The van der Waals surface area contributed by atoms with Gasteiger partial charge in [-0.05, 0) is 30.8 Å². The van der Waals surface area contributed by atoms with Crippen LogP contribution in [0.4, 0.5) is 4.39 Å². The summed E-state index contributed by atoms with van der Waals surface area (Å²) in [6.07, 6.45) is 0. The van der Waals surface area contributed by atoms with Crippen molar-refractivity contribution in [3.63, 3.8) is 0 Å². The van der Waals surface area contributed by atoms with E-state index in [-0.39, 0.29) is 10.8 Å². The number of nitrogens with zero attached hydrogens (tertiary/aromatic N) is 2. The molecule has 2 aromatic rings. The zero-order valence-electron chi connectivity index (χ0n) is 11.1. The van der Waals surface area contributed by atoms with Gasteiger partial charge in [0.05, 0.1) is 16.7 Å². The first-order valence-electron chi connectivity index (χ1n) is 6.20. The Bertz CT molecular complexity index is 649. The average molecular weight is 289 g/mol. The topological polar surface area (TPSA) is 27.0 Å². The molecular formula is C16H14ClFN2. The first-order chi connectivity index (χ1) is 9.60. The Labute approximate surface area is 123 Å². The molecule has 0 aliphatic carbocycles. The number of rotatable bonds is 4. The van der Waals surface area contributed by atoms with Crippen LogP contribution in [0, 0.1) is 17.1 Å². The van der Waals surface area contributed by atoms with E-state index in [1.54, 1.807) is 18.2 Å². The number of hydrogen-bond acceptors (Lipinski definition) is 2. The maximum Gasteiger partial charge on any atom is 0.146 e. The van der Waals surface area contributed by atoms with Gasteiger partial charge in [-0.15, -0.1) is 0 Å². The zero-order valence-corrected chi connectivity index (χ0v) is 11.9. The molecule has 0 heterocycles. The molecule has 0 fully saturated rings. The molecule has 0 saturated carbocycles. The van der Waals surface area contributed by atoms with Gasteiger partial charge in [-0.1, -0.05) is 35.9 Å². The van der Waals surface area contributed by atoms with Gasteiger partial charge in [-0.25, -0.2) is 4.39 Å². The number of nitriles is 1. The third-order valence-corrected chi connectivity index (χ3v) is 3.27. The number of halogens is 2. The SMILES string of the molecule is CN(Cc1cccc(C#N)c1)Cc1cccc(Cl)c1F. The third kappa shape index (κ3) is 3.57. The molecule has 0 aromatic heterocycles. The Morgan fingerprint density at radius 3 is 2.70 bits per heavy atom. The van der Waals surface area contributed by atoms with Crippen molar-refractivity contribution in [3.05, 3.63) is 70.0 Å². The summed E-state index contributed by atoms with van der Waals surface area (Å²) >= 11 is 5.77. The molecule has 0 atom stereocenters. The molecule has 0 amide bonds. The Morgan fingerprint density at radius 1 is 1.20 bits per heavy atom. The Hall–Kier alpha value is -1.89. The van der Waals surface area contributed by atoms with Crippen LogP contribution in [-0.4, -0.2) is 11.9 Å². The standard InChI is InChI=1S/C16H14ClFN2/c1-20(10-13-5-2-4-12(8-13)9-19)11-14-6-3-7-15(17)16(14)18/h2-8H,10-11H2,1H3. The van der Waals surface area contributed by atoms with Crippen LogP contribution in [-0.2, 0) is 13.1 Å². The summed E-state index contributed by atoms with van der Waals surface area (Å²) in [6.45, 7) is 1.10. The molecule has 0 N–H and O–H groups in total. The molecule has 4 heteroatoms. The van der Waals surface area contributed by atoms with Crippen LogP contribution in [0.3, 0.4) is 0 Å². The smallest absolute Gasteiger partial charge is 0.146 e. The molecule has 0 bridgehead atoms. The highest BCUT2D eigenvalue weighted by atomic mass is 35.5. The van der Waals surface area contributed by atoms with Gasteiger partial charge in [-0.3, -0.25) is 4.90 Å². The van der Waals surface area contributed by atoms with E-state index in [1.807, 2.05) is 30.1 Å². The molecule has 0 unspecified atom stereocenters. The van der Waals surface area contributed by atoms with E-state index >= 15 is 0 Å². The van der Waals surface area contributed by atoms with Crippen LogP contribution in [0.1, 0.15) is 16.7 Å². The van der Waals surface area contributed by atoms with E-state index in [4.69, 9.17) is 16.9 Å². The van der Waals surface area contributed by atoms with Crippen LogP contribution in [0.25, 0.3) is 0 Å². The largest absolute Gasteiger partial charge is 0.298 e. The quantitative estimate of drug-likeness (QED) is 0.851. The second kappa shape index (κ2) is 6.51. The lowest BCUT2D eigenvalue weighted by atomic mass is 10.1. The molecule has 2 nitrogen and oxygen atoms in total. The summed E-state index contributed by atoms with van der Waals surface area (Å²) in [7, 11) is 1.90. The molecule has 20 heavy (non-hydrogen) atoms. The lowest BCUT2D eigenvalue weighted by Gasteiger charge is -2.17. The van der Waals surface area contributed by atoms with E-state index in [0.29, 0.717) is 24.2 Å². The highest BCUT2D eigenvalue weighted by Crippen LogP contribution is 2.19. The lowest BCUT2D eigenvalue weighted by molar-refractivity contribution is 0.313. The Kier molecular flexibility index (Phi) is 4.73. The van der Waals surface area contributed by atoms with Gasteiger partial charge in [0, 0.05) is 18.7 Å². The summed E-state index contributed by atoms with van der Waals surface area (Å²) in [5.74, 6) is -0.369. The minimum absolute atomic E-state index is 0.141. The van der Waals surface area contributed by atoms with Crippen molar-refractivity contribution in [2.45, 2.75) is 13.1 Å². The predicted octanol–water partition coefficient (Wildman–Crippen LogP) is 3.98. The molecular weight excluding hydrogens is 275 g/mol. The summed E-state index contributed by atoms with van der Waals surface area (Å²) in [5.41, 5.74) is 2.22. The maximum absolute atomic E-state index is 13.8. The second-order valence-electron chi connectivity index (χ2n) is 4.70. The van der Waals surface area contributed by atoms with E-state index < -0.39 is 0 Å². The number of hydrogen-bond donors (Lipinski definition) is 0. The highest BCUT2D eigenvalue weighted by molar-refractivity contribution is 6.30. The van der Waals surface area contributed by atoms with Gasteiger partial charge in [0.15, 0.2) is 0 Å². The van der Waals surface area contributed by atoms with E-state index in [9.17, 15) is 4.39 Å². The molecule has 2 aromatic carbocycles. The molecule has 0 aliphatic heterocycles. The fraction of sp³-hybridized carbons (Fsp3) is 0.188. The van der Waals surface area contributed by atoms with E-state index in [1.165, 1.54) is 6.07 Å². The molecule has 102 valence electrons. The van der Waals surface area contributed by atoms with Crippen LogP contribution >= 0.6 is 11.6 Å². The fourth-order valence-corrected chi connectivity index (χ4v) is 2.26. The van der Waals surface area contributed by atoms with Crippen molar-refractivity contribution in [3.8, 4) is 6.07 Å². The van der Waals surface area contributed by atoms with Crippen molar-refractivity contribution in [2.75, 3.05) is 7.05 Å². The zero-order chi connectivity index (χ0) is 14.5. The molecule has 0 saturated heterocycles. The minimum Gasteiger partial charge on any atom is -0.298 e. The van der Waals surface area contributed by atoms with Crippen molar-refractivity contribution in [1.82, 2.24) is 4.90 Å². The highest BCUT2D eigenvalue weighted by Gasteiger charge is 2.09. The molecule has 0 radical (unpaired) electrons. The summed E-state index contributed by atoms with van der Waals surface area (Å²) in [6, 6.07) is 14.5. The van der Waals surface area contributed by atoms with Gasteiger partial charge >= 0.3 is 0 Å². The predicted molar refractivity (Wildman–Crippen MR) is 77.7 cm³/mol. The van der Waals surface area contributed by atoms with Gasteiger partial charge in [0.25, 0.3) is 0 Å². The Balaban J connectivity index is 2.07. The first-order valence-corrected chi connectivity index (χ1v) is 6.58. The lowest BCUT2D eigenvalue weighted by Crippen LogP contribution is -2.18. The minimum atomic E-state index is -0.369. The van der Waals surface area contributed by atoms with Crippen LogP contribution in [0.15, 0.2) is 42.5 Å². The molecule has 0 aliphatic rings. The monoisotopic (exact) mass is 288 g/mol. The normalized spacial score (nSPS) is 10.6. The average Bonchev–Trinajstić information content (AvgIpc) is 2.44. The van der Waals surface area contributed by atoms with Gasteiger partial charge in [-0.2, -0.15) is 5.26 Å². The van der Waals surface area contributed by atoms with E-state index in [2.05, 4.69) is 6.07 Å². The van der Waals surface area contributed by atoms with Crippen molar-refractivity contribution in [2.24, 2.45) is 0 Å². The second-order valence-corrected chi connectivity index (χ2v) is 5.10.